The summed E-state index contributed by atoms with van der Waals surface area (Å²) in [5, 5.41) is 13.9. The Kier molecular flexibility index (Phi) is 7.59. The first-order valence-corrected chi connectivity index (χ1v) is 12.0. The van der Waals surface area contributed by atoms with Crippen molar-refractivity contribution in [2.45, 2.75) is 18.9 Å². The minimum Gasteiger partial charge on any atom is -0.495 e. The molecular weight excluding hydrogens is 454 g/mol. The number of anilines is 1. The first-order chi connectivity index (χ1) is 15.7. The molecule has 1 amide bonds. The maximum absolute atomic E-state index is 12.4. The summed E-state index contributed by atoms with van der Waals surface area (Å²) >= 11 is 0. The minimum absolute atomic E-state index is 0.0426. The number of benzene rings is 2. The maximum atomic E-state index is 12.4. The number of para-hydroxylation sites is 2. The standard InChI is InChI=1S/C21H25N3O8S/c1-30-18-10-9-15(24(26)27)12-17(18)23(33(2,28)29)11-5-8-21(25)22-13-16-14-31-19-6-3-4-7-20(19)32-16/h3-4,6-7,9-10,12,16H,5,8,11,13-14H2,1-2H3,(H,22,25)/t16-/m0/s1. The second-order valence-electron chi connectivity index (χ2n) is 7.35. The van der Waals surface area contributed by atoms with E-state index >= 15 is 0 Å². The van der Waals surface area contributed by atoms with Gasteiger partial charge in [0.15, 0.2) is 11.5 Å². The predicted octanol–water partition coefficient (Wildman–Crippen LogP) is 2.11. The largest absolute Gasteiger partial charge is 0.495 e. The highest BCUT2D eigenvalue weighted by atomic mass is 32.2. The summed E-state index contributed by atoms with van der Waals surface area (Å²) in [6.07, 6.45) is 0.887. The van der Waals surface area contributed by atoms with Crippen molar-refractivity contribution in [1.29, 1.82) is 0 Å². The first-order valence-electron chi connectivity index (χ1n) is 10.1. The zero-order valence-electron chi connectivity index (χ0n) is 18.2. The number of nitrogens with zero attached hydrogens (tertiary/aromatic N) is 2. The van der Waals surface area contributed by atoms with Crippen LogP contribution in [0.25, 0.3) is 0 Å². The van der Waals surface area contributed by atoms with Gasteiger partial charge in [0.2, 0.25) is 15.9 Å². The molecule has 2 aromatic rings. The van der Waals surface area contributed by atoms with Crippen LogP contribution >= 0.6 is 0 Å². The SMILES string of the molecule is COc1ccc([N+](=O)[O-])cc1N(CCCC(=O)NC[C@H]1COc2ccccc2O1)S(C)(=O)=O. The number of sulfonamides is 1. The normalized spacial score (nSPS) is 14.9. The van der Waals surface area contributed by atoms with Crippen LogP contribution in [0.1, 0.15) is 12.8 Å². The van der Waals surface area contributed by atoms with Crippen molar-refractivity contribution >= 4 is 27.3 Å². The fourth-order valence-electron chi connectivity index (χ4n) is 3.31. The van der Waals surface area contributed by atoms with E-state index in [9.17, 15) is 23.3 Å². The number of carbonyl (C=O) groups excluding carboxylic acids is 1. The van der Waals surface area contributed by atoms with Crippen molar-refractivity contribution in [3.63, 3.8) is 0 Å². The highest BCUT2D eigenvalue weighted by molar-refractivity contribution is 7.92. The molecule has 0 aromatic heterocycles. The number of nitrogens with one attached hydrogen (secondary N) is 1. The van der Waals surface area contributed by atoms with Crippen LogP contribution in [-0.2, 0) is 14.8 Å². The number of nitro benzene ring substituents is 1. The number of rotatable bonds is 10. The molecule has 0 saturated heterocycles. The average Bonchev–Trinajstić information content (AvgIpc) is 2.79. The molecule has 12 heteroatoms. The van der Waals surface area contributed by atoms with Gasteiger partial charge in [-0.1, -0.05) is 12.1 Å². The highest BCUT2D eigenvalue weighted by Gasteiger charge is 2.24. The molecule has 1 heterocycles. The second-order valence-corrected chi connectivity index (χ2v) is 9.26. The summed E-state index contributed by atoms with van der Waals surface area (Å²) in [6, 6.07) is 11.0. The van der Waals surface area contributed by atoms with E-state index in [2.05, 4.69) is 5.32 Å². The van der Waals surface area contributed by atoms with E-state index in [4.69, 9.17) is 14.2 Å². The first kappa shape index (κ1) is 24.1. The molecular formula is C21H25N3O8S. The molecule has 178 valence electrons. The molecule has 3 rings (SSSR count). The van der Waals surface area contributed by atoms with Gasteiger partial charge in [0.1, 0.15) is 24.1 Å². The summed E-state index contributed by atoms with van der Waals surface area (Å²) < 4.78 is 42.3. The van der Waals surface area contributed by atoms with Crippen molar-refractivity contribution in [2.24, 2.45) is 0 Å². The quantitative estimate of drug-likeness (QED) is 0.404. The number of methoxy groups -OCH3 is 1. The molecule has 0 saturated carbocycles. The molecule has 1 atom stereocenters. The van der Waals surface area contributed by atoms with Gasteiger partial charge in [0.05, 0.1) is 24.8 Å². The molecule has 1 N–H and O–H groups in total. The smallest absolute Gasteiger partial charge is 0.271 e. The van der Waals surface area contributed by atoms with E-state index in [1.54, 1.807) is 12.1 Å². The van der Waals surface area contributed by atoms with Gasteiger partial charge in [-0.2, -0.15) is 0 Å². The molecule has 0 radical (unpaired) electrons. The Labute approximate surface area is 191 Å². The molecule has 0 bridgehead atoms. The van der Waals surface area contributed by atoms with E-state index in [0.29, 0.717) is 18.1 Å². The summed E-state index contributed by atoms with van der Waals surface area (Å²) in [7, 11) is -2.44. The van der Waals surface area contributed by atoms with Crippen LogP contribution in [0.2, 0.25) is 0 Å². The molecule has 0 unspecified atom stereocenters. The Balaban J connectivity index is 1.57. The number of nitro groups is 1. The molecule has 1 aliphatic rings. The van der Waals surface area contributed by atoms with Crippen LogP contribution in [0.4, 0.5) is 11.4 Å². The van der Waals surface area contributed by atoms with E-state index in [-0.39, 0.29) is 55.1 Å². The summed E-state index contributed by atoms with van der Waals surface area (Å²) in [4.78, 5) is 22.8. The van der Waals surface area contributed by atoms with Gasteiger partial charge in [-0.05, 0) is 24.6 Å². The van der Waals surface area contributed by atoms with Gasteiger partial charge in [0, 0.05) is 25.1 Å². The van der Waals surface area contributed by atoms with Crippen molar-refractivity contribution in [2.75, 3.05) is 37.4 Å². The lowest BCUT2D eigenvalue weighted by Gasteiger charge is -2.26. The van der Waals surface area contributed by atoms with Crippen molar-refractivity contribution in [3.8, 4) is 17.2 Å². The Bertz CT molecular complexity index is 1120. The third-order valence-corrected chi connectivity index (χ3v) is 6.08. The van der Waals surface area contributed by atoms with Gasteiger partial charge in [-0.25, -0.2) is 8.42 Å². The number of non-ortho nitro benzene ring substituents is 1. The molecule has 11 nitrogen and oxygen atoms in total. The number of carbonyl (C=O) groups is 1. The fourth-order valence-corrected chi connectivity index (χ4v) is 4.28. The molecule has 0 aliphatic carbocycles. The minimum atomic E-state index is -3.79. The van der Waals surface area contributed by atoms with Crippen molar-refractivity contribution < 1.29 is 32.3 Å². The monoisotopic (exact) mass is 479 g/mol. The maximum Gasteiger partial charge on any atom is 0.271 e. The zero-order chi connectivity index (χ0) is 24.0. The number of hydrogen-bond donors (Lipinski definition) is 1. The third-order valence-electron chi connectivity index (χ3n) is 4.90. The average molecular weight is 480 g/mol. The van der Waals surface area contributed by atoms with Gasteiger partial charge in [-0.3, -0.25) is 19.2 Å². The van der Waals surface area contributed by atoms with Gasteiger partial charge in [-0.15, -0.1) is 0 Å². The van der Waals surface area contributed by atoms with Crippen LogP contribution in [0, 0.1) is 10.1 Å². The summed E-state index contributed by atoms with van der Waals surface area (Å²) in [5.74, 6) is 1.15. The number of hydrogen-bond acceptors (Lipinski definition) is 8. The highest BCUT2D eigenvalue weighted by Crippen LogP contribution is 2.34. The van der Waals surface area contributed by atoms with Crippen LogP contribution in [-0.4, -0.2) is 58.4 Å². The molecule has 0 spiro atoms. The predicted molar refractivity (Wildman–Crippen MR) is 120 cm³/mol. The van der Waals surface area contributed by atoms with Crippen LogP contribution in [0.3, 0.4) is 0 Å². The van der Waals surface area contributed by atoms with E-state index in [0.717, 1.165) is 16.6 Å². The topological polar surface area (TPSA) is 137 Å². The Morgan fingerprint density at radius 3 is 2.67 bits per heavy atom. The molecule has 2 aromatic carbocycles. The lowest BCUT2D eigenvalue weighted by Crippen LogP contribution is -2.41. The van der Waals surface area contributed by atoms with Crippen molar-refractivity contribution in [1.82, 2.24) is 5.32 Å². The van der Waals surface area contributed by atoms with Gasteiger partial charge < -0.3 is 19.5 Å². The van der Waals surface area contributed by atoms with E-state index in [1.165, 1.54) is 19.2 Å². The zero-order valence-corrected chi connectivity index (χ0v) is 19.0. The van der Waals surface area contributed by atoms with Crippen LogP contribution in [0.15, 0.2) is 42.5 Å². The van der Waals surface area contributed by atoms with Gasteiger partial charge in [0.25, 0.3) is 5.69 Å². The molecule has 1 aliphatic heterocycles. The second kappa shape index (κ2) is 10.4. The third kappa shape index (κ3) is 6.25. The fraction of sp³-hybridized carbons (Fsp3) is 0.381. The van der Waals surface area contributed by atoms with E-state index in [1.807, 2.05) is 12.1 Å². The molecule has 0 fully saturated rings. The summed E-state index contributed by atoms with van der Waals surface area (Å²) in [6.45, 7) is 0.480. The van der Waals surface area contributed by atoms with Crippen LogP contribution < -0.4 is 23.8 Å². The van der Waals surface area contributed by atoms with Crippen LogP contribution in [0.5, 0.6) is 17.2 Å². The summed E-state index contributed by atoms with van der Waals surface area (Å²) in [5.41, 5.74) is -0.227. The number of ether oxygens (including phenoxy) is 3. The lowest BCUT2D eigenvalue weighted by atomic mass is 10.2. The van der Waals surface area contributed by atoms with E-state index < -0.39 is 14.9 Å². The number of amides is 1. The number of fused-ring (bicyclic) bond motifs is 1. The Morgan fingerprint density at radius 2 is 2.00 bits per heavy atom. The van der Waals surface area contributed by atoms with Gasteiger partial charge >= 0.3 is 0 Å². The van der Waals surface area contributed by atoms with Crippen molar-refractivity contribution in [3.05, 3.63) is 52.6 Å². The molecule has 33 heavy (non-hydrogen) atoms. The lowest BCUT2D eigenvalue weighted by molar-refractivity contribution is -0.384. The Hall–Kier alpha value is -3.54. The Morgan fingerprint density at radius 1 is 1.27 bits per heavy atom.